The molecule has 0 unspecified atom stereocenters. The molecule has 1 amide bonds. The summed E-state index contributed by atoms with van der Waals surface area (Å²) in [6, 6.07) is 7.24. The lowest BCUT2D eigenvalue weighted by atomic mass is 10.3. The number of hydrogen-bond acceptors (Lipinski definition) is 4. The van der Waals surface area contributed by atoms with Gasteiger partial charge in [0.25, 0.3) is 5.91 Å². The Labute approximate surface area is 101 Å². The van der Waals surface area contributed by atoms with Crippen LogP contribution in [0.15, 0.2) is 42.2 Å². The second-order valence-electron chi connectivity index (χ2n) is 3.45. The maximum atomic E-state index is 11.8. The van der Waals surface area contributed by atoms with Crippen LogP contribution in [0, 0.1) is 0 Å². The van der Waals surface area contributed by atoms with Crippen molar-refractivity contribution in [1.82, 2.24) is 14.6 Å². The molecule has 5 nitrogen and oxygen atoms in total. The zero-order valence-corrected chi connectivity index (χ0v) is 9.52. The Balaban J connectivity index is 1.87. The maximum Gasteiger partial charge on any atom is 0.265 e. The van der Waals surface area contributed by atoms with Crippen LogP contribution in [0.25, 0.3) is 5.65 Å². The van der Waals surface area contributed by atoms with Crippen LogP contribution in [-0.4, -0.2) is 20.5 Å². The zero-order valence-electron chi connectivity index (χ0n) is 8.70. The van der Waals surface area contributed by atoms with Crippen molar-refractivity contribution in [3.63, 3.8) is 0 Å². The molecule has 3 rings (SSSR count). The lowest BCUT2D eigenvalue weighted by Crippen LogP contribution is -2.10. The Kier molecular flexibility index (Phi) is 2.34. The van der Waals surface area contributed by atoms with Gasteiger partial charge in [-0.15, -0.1) is 21.5 Å². The SMILES string of the molecule is O=C(Nc1ccc2nncn2c1)c1cccs1. The molecule has 0 saturated heterocycles. The molecule has 0 aliphatic rings. The number of anilines is 1. The van der Waals surface area contributed by atoms with E-state index in [0.717, 1.165) is 11.3 Å². The Morgan fingerprint density at radius 2 is 2.29 bits per heavy atom. The van der Waals surface area contributed by atoms with Gasteiger partial charge in [-0.05, 0) is 23.6 Å². The third-order valence-electron chi connectivity index (χ3n) is 2.29. The van der Waals surface area contributed by atoms with Crippen LogP contribution in [0.1, 0.15) is 9.67 Å². The minimum absolute atomic E-state index is 0.104. The normalized spacial score (nSPS) is 10.6. The van der Waals surface area contributed by atoms with Crippen LogP contribution in [0.4, 0.5) is 5.69 Å². The third kappa shape index (κ3) is 1.90. The Morgan fingerprint density at radius 3 is 3.12 bits per heavy atom. The van der Waals surface area contributed by atoms with E-state index in [4.69, 9.17) is 0 Å². The lowest BCUT2D eigenvalue weighted by molar-refractivity contribution is 0.103. The van der Waals surface area contributed by atoms with Gasteiger partial charge in [-0.3, -0.25) is 9.20 Å². The fourth-order valence-corrected chi connectivity index (χ4v) is 2.12. The Morgan fingerprint density at radius 1 is 1.35 bits per heavy atom. The van der Waals surface area contributed by atoms with Crippen LogP contribution >= 0.6 is 11.3 Å². The first-order valence-corrected chi connectivity index (χ1v) is 5.85. The first-order chi connectivity index (χ1) is 8.33. The molecule has 3 heterocycles. The summed E-state index contributed by atoms with van der Waals surface area (Å²) in [7, 11) is 0. The van der Waals surface area contributed by atoms with Crippen molar-refractivity contribution >= 4 is 28.6 Å². The van der Waals surface area contributed by atoms with Crippen molar-refractivity contribution in [1.29, 1.82) is 0 Å². The van der Waals surface area contributed by atoms with Crippen LogP contribution < -0.4 is 5.32 Å². The highest BCUT2D eigenvalue weighted by Crippen LogP contribution is 2.13. The molecule has 0 saturated carbocycles. The number of pyridine rings is 1. The molecule has 17 heavy (non-hydrogen) atoms. The number of nitrogens with one attached hydrogen (secondary N) is 1. The number of nitrogens with zero attached hydrogens (tertiary/aromatic N) is 3. The maximum absolute atomic E-state index is 11.8. The van der Waals surface area contributed by atoms with Crippen molar-refractivity contribution in [3.8, 4) is 0 Å². The predicted molar refractivity (Wildman–Crippen MR) is 65.3 cm³/mol. The number of thiophene rings is 1. The molecule has 0 atom stereocenters. The van der Waals surface area contributed by atoms with E-state index in [9.17, 15) is 4.79 Å². The van der Waals surface area contributed by atoms with E-state index in [0.29, 0.717) is 4.88 Å². The monoisotopic (exact) mass is 244 g/mol. The van der Waals surface area contributed by atoms with Gasteiger partial charge in [0.1, 0.15) is 6.33 Å². The van der Waals surface area contributed by atoms with Crippen LogP contribution in [0.3, 0.4) is 0 Å². The number of rotatable bonds is 2. The van der Waals surface area contributed by atoms with Crippen LogP contribution in [0.2, 0.25) is 0 Å². The molecule has 84 valence electrons. The van der Waals surface area contributed by atoms with Gasteiger partial charge < -0.3 is 5.32 Å². The average molecular weight is 244 g/mol. The summed E-state index contributed by atoms with van der Waals surface area (Å²) in [6.45, 7) is 0. The van der Waals surface area contributed by atoms with Gasteiger partial charge >= 0.3 is 0 Å². The van der Waals surface area contributed by atoms with Crippen LogP contribution in [0.5, 0.6) is 0 Å². The molecule has 0 aliphatic carbocycles. The van der Waals surface area contributed by atoms with Gasteiger partial charge in [0.2, 0.25) is 0 Å². The van der Waals surface area contributed by atoms with E-state index in [-0.39, 0.29) is 5.91 Å². The molecular formula is C11H8N4OS. The quantitative estimate of drug-likeness (QED) is 0.750. The third-order valence-corrected chi connectivity index (χ3v) is 3.16. The number of fused-ring (bicyclic) bond motifs is 1. The summed E-state index contributed by atoms with van der Waals surface area (Å²) in [5.41, 5.74) is 1.47. The second kappa shape index (κ2) is 3.99. The zero-order chi connectivity index (χ0) is 11.7. The standard InChI is InChI=1S/C11H8N4OS/c16-11(9-2-1-5-17-9)13-8-3-4-10-14-12-7-15(10)6-8/h1-7H,(H,13,16). The largest absolute Gasteiger partial charge is 0.320 e. The summed E-state index contributed by atoms with van der Waals surface area (Å²) < 4.78 is 1.75. The van der Waals surface area contributed by atoms with Crippen LogP contribution in [-0.2, 0) is 0 Å². The molecule has 0 radical (unpaired) electrons. The molecule has 6 heteroatoms. The first kappa shape index (κ1) is 9.98. The minimum Gasteiger partial charge on any atom is -0.320 e. The highest BCUT2D eigenvalue weighted by molar-refractivity contribution is 7.12. The van der Waals surface area contributed by atoms with Gasteiger partial charge in [-0.1, -0.05) is 6.07 Å². The molecule has 3 aromatic rings. The van der Waals surface area contributed by atoms with E-state index in [1.54, 1.807) is 35.1 Å². The molecule has 0 spiro atoms. The molecule has 3 aromatic heterocycles. The van der Waals surface area contributed by atoms with Gasteiger partial charge in [-0.25, -0.2) is 0 Å². The number of carbonyl (C=O) groups is 1. The van der Waals surface area contributed by atoms with Gasteiger partial charge in [0.15, 0.2) is 5.65 Å². The highest BCUT2D eigenvalue weighted by Gasteiger charge is 2.07. The first-order valence-electron chi connectivity index (χ1n) is 4.97. The number of hydrogen-bond donors (Lipinski definition) is 1. The smallest absolute Gasteiger partial charge is 0.265 e. The fourth-order valence-electron chi connectivity index (χ4n) is 1.50. The fraction of sp³-hybridized carbons (Fsp3) is 0. The number of aromatic nitrogens is 3. The molecule has 0 bridgehead atoms. The molecule has 0 aromatic carbocycles. The Bertz CT molecular complexity index is 659. The van der Waals surface area contributed by atoms with Gasteiger partial charge in [0.05, 0.1) is 10.6 Å². The van der Waals surface area contributed by atoms with Crippen molar-refractivity contribution in [2.45, 2.75) is 0 Å². The van der Waals surface area contributed by atoms with Gasteiger partial charge in [0, 0.05) is 6.20 Å². The van der Waals surface area contributed by atoms with E-state index in [2.05, 4.69) is 15.5 Å². The summed E-state index contributed by atoms with van der Waals surface area (Å²) in [5.74, 6) is -0.104. The van der Waals surface area contributed by atoms with Crippen molar-refractivity contribution in [2.75, 3.05) is 5.32 Å². The molecule has 0 aliphatic heterocycles. The average Bonchev–Trinajstić information content (AvgIpc) is 2.99. The van der Waals surface area contributed by atoms with Crippen molar-refractivity contribution in [2.24, 2.45) is 0 Å². The summed E-state index contributed by atoms with van der Waals surface area (Å²) in [5, 5.41) is 12.4. The van der Waals surface area contributed by atoms with E-state index >= 15 is 0 Å². The van der Waals surface area contributed by atoms with E-state index < -0.39 is 0 Å². The summed E-state index contributed by atoms with van der Waals surface area (Å²) in [6.07, 6.45) is 3.37. The molecular weight excluding hydrogens is 236 g/mol. The molecule has 0 fully saturated rings. The summed E-state index contributed by atoms with van der Waals surface area (Å²) in [4.78, 5) is 12.5. The summed E-state index contributed by atoms with van der Waals surface area (Å²) >= 11 is 1.41. The van der Waals surface area contributed by atoms with E-state index in [1.807, 2.05) is 11.4 Å². The second-order valence-corrected chi connectivity index (χ2v) is 4.39. The number of carbonyl (C=O) groups excluding carboxylic acids is 1. The highest BCUT2D eigenvalue weighted by atomic mass is 32.1. The van der Waals surface area contributed by atoms with Crippen molar-refractivity contribution < 1.29 is 4.79 Å². The predicted octanol–water partition coefficient (Wildman–Crippen LogP) is 2.04. The van der Waals surface area contributed by atoms with Crippen molar-refractivity contribution in [3.05, 3.63) is 47.0 Å². The minimum atomic E-state index is -0.104. The molecule has 1 N–H and O–H groups in total. The topological polar surface area (TPSA) is 59.3 Å². The number of amides is 1. The van der Waals surface area contributed by atoms with E-state index in [1.165, 1.54) is 11.3 Å². The van der Waals surface area contributed by atoms with Gasteiger partial charge in [-0.2, -0.15) is 0 Å². The lowest BCUT2D eigenvalue weighted by Gasteiger charge is -2.03. The Hall–Kier alpha value is -2.21.